The Labute approximate surface area is 128 Å². The van der Waals surface area contributed by atoms with Gasteiger partial charge < -0.3 is 15.7 Å². The maximum atomic E-state index is 12.3. The van der Waals surface area contributed by atoms with Gasteiger partial charge in [0.05, 0.1) is 0 Å². The zero-order chi connectivity index (χ0) is 16.2. The number of aliphatic carboxylic acids is 1. The molecule has 0 atom stereocenters. The summed E-state index contributed by atoms with van der Waals surface area (Å²) in [6, 6.07) is 6.81. The van der Waals surface area contributed by atoms with Gasteiger partial charge in [0.25, 0.3) is 0 Å². The van der Waals surface area contributed by atoms with Gasteiger partial charge in [0.2, 0.25) is 11.8 Å². The Morgan fingerprint density at radius 3 is 2.27 bits per heavy atom. The Kier molecular flexibility index (Phi) is 4.60. The van der Waals surface area contributed by atoms with Crippen LogP contribution in [0.3, 0.4) is 0 Å². The van der Waals surface area contributed by atoms with E-state index < -0.39 is 11.5 Å². The fraction of sp³-hybridized carbons (Fsp3) is 0.312. The molecule has 0 saturated heterocycles. The number of rotatable bonds is 5. The molecule has 1 aromatic rings. The number of carboxylic acids is 1. The SMILES string of the molecule is CC(=O)NC1(C(=O)Nc2ccc(/C=C/C(=O)O)cc2)CCC1. The minimum absolute atomic E-state index is 0.219. The third kappa shape index (κ3) is 3.72. The molecule has 0 aromatic heterocycles. The maximum Gasteiger partial charge on any atom is 0.328 e. The molecule has 3 N–H and O–H groups in total. The summed E-state index contributed by atoms with van der Waals surface area (Å²) in [5, 5.41) is 14.1. The predicted molar refractivity (Wildman–Crippen MR) is 82.1 cm³/mol. The first-order valence-electron chi connectivity index (χ1n) is 7.03. The molecule has 0 unspecified atom stereocenters. The Morgan fingerprint density at radius 2 is 1.82 bits per heavy atom. The van der Waals surface area contributed by atoms with Gasteiger partial charge in [-0.05, 0) is 43.0 Å². The monoisotopic (exact) mass is 302 g/mol. The van der Waals surface area contributed by atoms with Crippen molar-refractivity contribution < 1.29 is 19.5 Å². The molecule has 6 heteroatoms. The largest absolute Gasteiger partial charge is 0.478 e. The van der Waals surface area contributed by atoms with E-state index in [2.05, 4.69) is 10.6 Å². The smallest absolute Gasteiger partial charge is 0.328 e. The summed E-state index contributed by atoms with van der Waals surface area (Å²) >= 11 is 0. The van der Waals surface area contributed by atoms with E-state index in [1.54, 1.807) is 24.3 Å². The van der Waals surface area contributed by atoms with Crippen molar-refractivity contribution in [1.29, 1.82) is 0 Å². The molecule has 1 aromatic carbocycles. The van der Waals surface area contributed by atoms with Gasteiger partial charge in [-0.25, -0.2) is 4.79 Å². The van der Waals surface area contributed by atoms with Gasteiger partial charge in [-0.2, -0.15) is 0 Å². The van der Waals surface area contributed by atoms with Crippen molar-refractivity contribution in [3.63, 3.8) is 0 Å². The van der Waals surface area contributed by atoms with Crippen molar-refractivity contribution in [3.8, 4) is 0 Å². The topological polar surface area (TPSA) is 95.5 Å². The zero-order valence-corrected chi connectivity index (χ0v) is 12.3. The van der Waals surface area contributed by atoms with Gasteiger partial charge in [-0.15, -0.1) is 0 Å². The van der Waals surface area contributed by atoms with E-state index >= 15 is 0 Å². The van der Waals surface area contributed by atoms with E-state index in [1.807, 2.05) is 0 Å². The van der Waals surface area contributed by atoms with E-state index in [0.29, 0.717) is 18.5 Å². The highest BCUT2D eigenvalue weighted by Crippen LogP contribution is 2.33. The van der Waals surface area contributed by atoms with Gasteiger partial charge in [-0.3, -0.25) is 9.59 Å². The molecule has 0 spiro atoms. The number of amides is 2. The summed E-state index contributed by atoms with van der Waals surface area (Å²) in [6.45, 7) is 1.40. The molecule has 1 fully saturated rings. The summed E-state index contributed by atoms with van der Waals surface area (Å²) in [6.07, 6.45) is 4.70. The summed E-state index contributed by atoms with van der Waals surface area (Å²) in [7, 11) is 0. The molecule has 0 radical (unpaired) electrons. The van der Waals surface area contributed by atoms with Crippen molar-refractivity contribution in [1.82, 2.24) is 5.32 Å². The van der Waals surface area contributed by atoms with Crippen molar-refractivity contribution in [2.45, 2.75) is 31.7 Å². The normalized spacial score (nSPS) is 15.9. The molecule has 0 bridgehead atoms. The number of carbonyl (C=O) groups is 3. The van der Waals surface area contributed by atoms with E-state index in [-0.39, 0.29) is 11.8 Å². The Bertz CT molecular complexity index is 616. The third-order valence-electron chi connectivity index (χ3n) is 3.64. The molecule has 1 saturated carbocycles. The van der Waals surface area contributed by atoms with Crippen LogP contribution in [0.4, 0.5) is 5.69 Å². The highest BCUT2D eigenvalue weighted by molar-refractivity contribution is 6.01. The van der Waals surface area contributed by atoms with Crippen molar-refractivity contribution >= 4 is 29.5 Å². The van der Waals surface area contributed by atoms with E-state index in [4.69, 9.17) is 5.11 Å². The average Bonchev–Trinajstić information content (AvgIpc) is 2.41. The van der Waals surface area contributed by atoms with Crippen LogP contribution in [0.5, 0.6) is 0 Å². The van der Waals surface area contributed by atoms with Gasteiger partial charge in [0.15, 0.2) is 0 Å². The number of benzene rings is 1. The molecule has 2 rings (SSSR count). The molecule has 116 valence electrons. The second-order valence-corrected chi connectivity index (χ2v) is 5.36. The van der Waals surface area contributed by atoms with Crippen molar-refractivity contribution in [2.75, 3.05) is 5.32 Å². The highest BCUT2D eigenvalue weighted by atomic mass is 16.4. The fourth-order valence-electron chi connectivity index (χ4n) is 2.37. The standard InChI is InChI=1S/C16H18N2O4/c1-11(19)18-16(9-2-10-16)15(22)17-13-6-3-12(4-7-13)5-8-14(20)21/h3-8H,2,9-10H2,1H3,(H,17,22)(H,18,19)(H,20,21)/b8-5+. The maximum absolute atomic E-state index is 12.3. The minimum atomic E-state index is -1.01. The van der Waals surface area contributed by atoms with Crippen LogP contribution in [0.2, 0.25) is 0 Å². The lowest BCUT2D eigenvalue weighted by Crippen LogP contribution is -2.60. The van der Waals surface area contributed by atoms with Crippen molar-refractivity contribution in [3.05, 3.63) is 35.9 Å². The van der Waals surface area contributed by atoms with Crippen LogP contribution < -0.4 is 10.6 Å². The number of nitrogens with one attached hydrogen (secondary N) is 2. The molecule has 2 amide bonds. The van der Waals surface area contributed by atoms with Crippen LogP contribution in [0.25, 0.3) is 6.08 Å². The van der Waals surface area contributed by atoms with E-state index in [1.165, 1.54) is 13.0 Å². The lowest BCUT2D eigenvalue weighted by molar-refractivity contribution is -0.132. The molecular formula is C16H18N2O4. The van der Waals surface area contributed by atoms with Crippen LogP contribution in [0.15, 0.2) is 30.3 Å². The Morgan fingerprint density at radius 1 is 1.18 bits per heavy atom. The van der Waals surface area contributed by atoms with E-state index in [0.717, 1.165) is 18.1 Å². The Hall–Kier alpha value is -2.63. The van der Waals surface area contributed by atoms with Gasteiger partial charge in [0.1, 0.15) is 5.54 Å². The van der Waals surface area contributed by atoms with E-state index in [9.17, 15) is 14.4 Å². The first kappa shape index (κ1) is 15.8. The number of anilines is 1. The first-order valence-corrected chi connectivity index (χ1v) is 7.03. The van der Waals surface area contributed by atoms with Crippen LogP contribution in [-0.2, 0) is 14.4 Å². The molecule has 1 aliphatic carbocycles. The number of carboxylic acid groups (broad SMARTS) is 1. The third-order valence-corrected chi connectivity index (χ3v) is 3.64. The molecule has 22 heavy (non-hydrogen) atoms. The zero-order valence-electron chi connectivity index (χ0n) is 12.3. The van der Waals surface area contributed by atoms with Crippen LogP contribution in [0.1, 0.15) is 31.7 Å². The summed E-state index contributed by atoms with van der Waals surface area (Å²) in [5.74, 6) is -1.45. The van der Waals surface area contributed by atoms with Crippen LogP contribution in [0, 0.1) is 0 Å². The second kappa shape index (κ2) is 6.43. The number of hydrogen-bond acceptors (Lipinski definition) is 3. The summed E-state index contributed by atoms with van der Waals surface area (Å²) in [5.41, 5.74) is 0.531. The highest BCUT2D eigenvalue weighted by Gasteiger charge is 2.44. The molecule has 1 aliphatic rings. The summed E-state index contributed by atoms with van der Waals surface area (Å²) < 4.78 is 0. The number of carbonyl (C=O) groups excluding carboxylic acids is 2. The fourth-order valence-corrected chi connectivity index (χ4v) is 2.37. The second-order valence-electron chi connectivity index (χ2n) is 5.36. The van der Waals surface area contributed by atoms with Gasteiger partial charge >= 0.3 is 5.97 Å². The van der Waals surface area contributed by atoms with Gasteiger partial charge in [-0.1, -0.05) is 12.1 Å². The lowest BCUT2D eigenvalue weighted by Gasteiger charge is -2.40. The lowest BCUT2D eigenvalue weighted by atomic mass is 9.76. The number of hydrogen-bond donors (Lipinski definition) is 3. The van der Waals surface area contributed by atoms with Crippen molar-refractivity contribution in [2.24, 2.45) is 0 Å². The molecular weight excluding hydrogens is 284 g/mol. The molecule has 0 aliphatic heterocycles. The molecule has 0 heterocycles. The van der Waals surface area contributed by atoms with Gasteiger partial charge in [0, 0.05) is 18.7 Å². The Balaban J connectivity index is 2.02. The average molecular weight is 302 g/mol. The van der Waals surface area contributed by atoms with Crippen LogP contribution in [-0.4, -0.2) is 28.4 Å². The van der Waals surface area contributed by atoms with Crippen LogP contribution >= 0.6 is 0 Å². The quantitative estimate of drug-likeness (QED) is 0.722. The molecule has 6 nitrogen and oxygen atoms in total. The summed E-state index contributed by atoms with van der Waals surface area (Å²) in [4.78, 5) is 34.0. The first-order chi connectivity index (χ1) is 10.4. The predicted octanol–water partition coefficient (Wildman–Crippen LogP) is 1.78. The minimum Gasteiger partial charge on any atom is -0.478 e.